The molecule has 2 N–H and O–H groups in total. The Morgan fingerprint density at radius 2 is 1.92 bits per heavy atom. The summed E-state index contributed by atoms with van der Waals surface area (Å²) in [7, 11) is 3.37. The molecule has 24 heavy (non-hydrogen) atoms. The minimum atomic E-state index is 0.351. The fourth-order valence-corrected chi connectivity index (χ4v) is 3.36. The van der Waals surface area contributed by atoms with Crippen LogP contribution in [0.4, 0.5) is 0 Å². The molecule has 0 saturated carbocycles. The first kappa shape index (κ1) is 16.8. The zero-order valence-corrected chi connectivity index (χ0v) is 14.4. The van der Waals surface area contributed by atoms with Crippen molar-refractivity contribution in [1.29, 1.82) is 0 Å². The lowest BCUT2D eigenvalue weighted by molar-refractivity contribution is 0.302. The van der Waals surface area contributed by atoms with Crippen molar-refractivity contribution in [3.63, 3.8) is 0 Å². The molecule has 0 aromatic heterocycles. The normalized spacial score (nSPS) is 20.6. The molecule has 0 spiro atoms. The zero-order valence-electron chi connectivity index (χ0n) is 14.4. The molecule has 1 aliphatic rings. The molecule has 1 heterocycles. The van der Waals surface area contributed by atoms with Crippen LogP contribution in [0.3, 0.4) is 0 Å². The summed E-state index contributed by atoms with van der Waals surface area (Å²) in [5.41, 5.74) is 2.49. The summed E-state index contributed by atoms with van der Waals surface area (Å²) in [6.07, 6.45) is 2.37. The Bertz CT molecular complexity index is 645. The number of piperidine rings is 1. The molecular weight excluding hydrogens is 300 g/mol. The first-order valence-electron chi connectivity index (χ1n) is 8.54. The molecule has 0 aliphatic carbocycles. The lowest BCUT2D eigenvalue weighted by Crippen LogP contribution is -2.45. The number of hydrogen-bond donors (Lipinski definition) is 2. The molecule has 2 unspecified atom stereocenters. The molecule has 0 radical (unpaired) electrons. The van der Waals surface area contributed by atoms with Gasteiger partial charge in [0.15, 0.2) is 0 Å². The Balaban J connectivity index is 1.70. The quantitative estimate of drug-likeness (QED) is 0.855. The van der Waals surface area contributed by atoms with Crippen molar-refractivity contribution in [1.82, 2.24) is 10.6 Å². The smallest absolute Gasteiger partial charge is 0.127 e. The topological polar surface area (TPSA) is 42.5 Å². The number of ether oxygens (including phenoxy) is 2. The second-order valence-electron chi connectivity index (χ2n) is 6.15. The molecule has 4 nitrogen and oxygen atoms in total. The van der Waals surface area contributed by atoms with E-state index in [-0.39, 0.29) is 0 Å². The monoisotopic (exact) mass is 326 g/mol. The van der Waals surface area contributed by atoms with Crippen LogP contribution in [0.1, 0.15) is 30.0 Å². The molecule has 1 fully saturated rings. The Hall–Kier alpha value is -2.04. The number of nitrogens with one attached hydrogen (secondary N) is 2. The van der Waals surface area contributed by atoms with E-state index < -0.39 is 0 Å². The minimum Gasteiger partial charge on any atom is -0.497 e. The van der Waals surface area contributed by atoms with Crippen molar-refractivity contribution in [2.45, 2.75) is 31.5 Å². The Kier molecular flexibility index (Phi) is 5.72. The molecule has 1 aliphatic heterocycles. The van der Waals surface area contributed by atoms with E-state index >= 15 is 0 Å². The SMILES string of the molecule is COc1ccc(CNC2CCCNC2c2ccccc2)c(OC)c1. The number of rotatable bonds is 6. The average molecular weight is 326 g/mol. The number of hydrogen-bond acceptors (Lipinski definition) is 4. The molecular formula is C20H26N2O2. The van der Waals surface area contributed by atoms with Gasteiger partial charge in [-0.05, 0) is 31.0 Å². The fraction of sp³-hybridized carbons (Fsp3) is 0.400. The summed E-state index contributed by atoms with van der Waals surface area (Å²) in [4.78, 5) is 0. The molecule has 0 bridgehead atoms. The van der Waals surface area contributed by atoms with E-state index in [9.17, 15) is 0 Å². The highest BCUT2D eigenvalue weighted by molar-refractivity contribution is 5.40. The predicted molar refractivity (Wildman–Crippen MR) is 96.6 cm³/mol. The summed E-state index contributed by atoms with van der Waals surface area (Å²) in [6.45, 7) is 1.85. The van der Waals surface area contributed by atoms with Crippen LogP contribution in [-0.4, -0.2) is 26.8 Å². The maximum atomic E-state index is 5.50. The van der Waals surface area contributed by atoms with Gasteiger partial charge in [-0.3, -0.25) is 0 Å². The molecule has 3 rings (SSSR count). The van der Waals surface area contributed by atoms with E-state index in [1.54, 1.807) is 14.2 Å². The molecule has 128 valence electrons. The van der Waals surface area contributed by atoms with Crippen LogP contribution in [0.25, 0.3) is 0 Å². The Morgan fingerprint density at radius 1 is 1.08 bits per heavy atom. The lowest BCUT2D eigenvalue weighted by atomic mass is 9.92. The molecule has 0 amide bonds. The van der Waals surface area contributed by atoms with Crippen molar-refractivity contribution in [2.24, 2.45) is 0 Å². The van der Waals surface area contributed by atoms with Gasteiger partial charge in [-0.25, -0.2) is 0 Å². The third-order valence-corrected chi connectivity index (χ3v) is 4.67. The third-order valence-electron chi connectivity index (χ3n) is 4.67. The molecule has 2 aromatic rings. The lowest BCUT2D eigenvalue weighted by Gasteiger charge is -2.34. The van der Waals surface area contributed by atoms with Gasteiger partial charge >= 0.3 is 0 Å². The van der Waals surface area contributed by atoms with Gasteiger partial charge in [0, 0.05) is 30.3 Å². The second-order valence-corrected chi connectivity index (χ2v) is 6.15. The Labute approximate surface area is 144 Å². The van der Waals surface area contributed by atoms with Gasteiger partial charge in [0.05, 0.1) is 14.2 Å². The van der Waals surface area contributed by atoms with E-state index in [1.165, 1.54) is 18.4 Å². The van der Waals surface area contributed by atoms with Crippen LogP contribution in [-0.2, 0) is 6.54 Å². The predicted octanol–water partition coefficient (Wildman–Crippen LogP) is 3.29. The van der Waals surface area contributed by atoms with Gasteiger partial charge < -0.3 is 20.1 Å². The van der Waals surface area contributed by atoms with Crippen LogP contribution in [0.2, 0.25) is 0 Å². The first-order valence-corrected chi connectivity index (χ1v) is 8.54. The van der Waals surface area contributed by atoms with Crippen LogP contribution in [0.15, 0.2) is 48.5 Å². The number of methoxy groups -OCH3 is 2. The van der Waals surface area contributed by atoms with E-state index in [0.717, 1.165) is 30.2 Å². The average Bonchev–Trinajstić information content (AvgIpc) is 2.67. The largest absolute Gasteiger partial charge is 0.497 e. The van der Waals surface area contributed by atoms with E-state index in [1.807, 2.05) is 12.1 Å². The highest BCUT2D eigenvalue weighted by atomic mass is 16.5. The maximum Gasteiger partial charge on any atom is 0.127 e. The molecule has 2 aromatic carbocycles. The highest BCUT2D eigenvalue weighted by Crippen LogP contribution is 2.27. The van der Waals surface area contributed by atoms with E-state index in [0.29, 0.717) is 12.1 Å². The van der Waals surface area contributed by atoms with Gasteiger partial charge in [0.25, 0.3) is 0 Å². The molecule has 4 heteroatoms. The maximum absolute atomic E-state index is 5.50. The highest BCUT2D eigenvalue weighted by Gasteiger charge is 2.25. The van der Waals surface area contributed by atoms with Gasteiger partial charge in [0.2, 0.25) is 0 Å². The van der Waals surface area contributed by atoms with E-state index in [4.69, 9.17) is 9.47 Å². The van der Waals surface area contributed by atoms with Gasteiger partial charge in [-0.2, -0.15) is 0 Å². The second kappa shape index (κ2) is 8.18. The van der Waals surface area contributed by atoms with Crippen molar-refractivity contribution < 1.29 is 9.47 Å². The summed E-state index contributed by atoms with van der Waals surface area (Å²) >= 11 is 0. The van der Waals surface area contributed by atoms with Crippen LogP contribution in [0, 0.1) is 0 Å². The summed E-state index contributed by atoms with van der Waals surface area (Å²) in [5, 5.41) is 7.37. The molecule has 2 atom stereocenters. The third kappa shape index (κ3) is 3.89. The van der Waals surface area contributed by atoms with E-state index in [2.05, 4.69) is 47.0 Å². The van der Waals surface area contributed by atoms with Gasteiger partial charge in [-0.15, -0.1) is 0 Å². The van der Waals surface area contributed by atoms with Gasteiger partial charge in [0.1, 0.15) is 11.5 Å². The summed E-state index contributed by atoms with van der Waals surface area (Å²) in [5.74, 6) is 1.68. The Morgan fingerprint density at radius 3 is 2.67 bits per heavy atom. The zero-order chi connectivity index (χ0) is 16.8. The van der Waals surface area contributed by atoms with Crippen molar-refractivity contribution >= 4 is 0 Å². The standard InChI is InChI=1S/C20H26N2O2/c1-23-17-11-10-16(19(13-17)24-2)14-22-18-9-6-12-21-20(18)15-7-4-3-5-8-15/h3-5,7-8,10-11,13,18,20-22H,6,9,12,14H2,1-2H3. The van der Waals surface area contributed by atoms with Gasteiger partial charge in [-0.1, -0.05) is 36.4 Å². The summed E-state index contributed by atoms with van der Waals surface area (Å²) < 4.78 is 10.8. The van der Waals surface area contributed by atoms with Crippen LogP contribution < -0.4 is 20.1 Å². The van der Waals surface area contributed by atoms with Crippen molar-refractivity contribution in [2.75, 3.05) is 20.8 Å². The van der Waals surface area contributed by atoms with Crippen LogP contribution >= 0.6 is 0 Å². The number of benzene rings is 2. The van der Waals surface area contributed by atoms with Crippen molar-refractivity contribution in [3.05, 3.63) is 59.7 Å². The fourth-order valence-electron chi connectivity index (χ4n) is 3.36. The first-order chi connectivity index (χ1) is 11.8. The molecule has 1 saturated heterocycles. The van der Waals surface area contributed by atoms with Crippen LogP contribution in [0.5, 0.6) is 11.5 Å². The van der Waals surface area contributed by atoms with Crippen molar-refractivity contribution in [3.8, 4) is 11.5 Å². The summed E-state index contributed by atoms with van der Waals surface area (Å²) in [6, 6.07) is 17.4. The minimum absolute atomic E-state index is 0.351.